The van der Waals surface area contributed by atoms with Crippen LogP contribution < -0.4 is 9.47 Å². The lowest BCUT2D eigenvalue weighted by atomic mass is 9.80. The molecule has 0 aliphatic rings. The lowest BCUT2D eigenvalue weighted by Gasteiger charge is -2.30. The van der Waals surface area contributed by atoms with Crippen molar-refractivity contribution in [3.8, 4) is 22.8 Å². The van der Waals surface area contributed by atoms with Crippen LogP contribution in [0, 0.1) is 0 Å². The Morgan fingerprint density at radius 3 is 2.20 bits per heavy atom. The van der Waals surface area contributed by atoms with Gasteiger partial charge < -0.3 is 14.6 Å². The van der Waals surface area contributed by atoms with Gasteiger partial charge in [0.15, 0.2) is 0 Å². The van der Waals surface area contributed by atoms with Crippen molar-refractivity contribution >= 4 is 22.5 Å². The molecule has 5 aromatic rings. The minimum Gasteiger partial charge on any atom is -0.495 e. The summed E-state index contributed by atoms with van der Waals surface area (Å²) in [4.78, 5) is 8.87. The Kier molecular flexibility index (Phi) is 6.12. The van der Waals surface area contributed by atoms with Crippen LogP contribution in [-0.4, -0.2) is 29.3 Å². The van der Waals surface area contributed by atoms with E-state index in [1.807, 2.05) is 60.7 Å². The Morgan fingerprint density at radius 1 is 0.771 bits per heavy atom. The third-order valence-electron chi connectivity index (χ3n) is 6.12. The Hall–Kier alpha value is -3.93. The Labute approximate surface area is 208 Å². The quantitative estimate of drug-likeness (QED) is 0.310. The van der Waals surface area contributed by atoms with E-state index in [0.717, 1.165) is 16.5 Å². The number of aromatic nitrogens is 2. The molecule has 5 rings (SSSR count). The van der Waals surface area contributed by atoms with E-state index in [1.165, 1.54) is 0 Å². The standard InChI is InChI=1S/C29H23ClN2O3/c1-34-27-24-18-22(11-12-25(24)32-28(35-2)26(27)19-7-4-3-5-8-19)29(33,20-13-15-31-16-14-20)21-9-6-10-23(30)17-21/h3-18,33H,1-2H3. The topological polar surface area (TPSA) is 64.5 Å². The van der Waals surface area contributed by atoms with Crippen molar-refractivity contribution in [2.24, 2.45) is 0 Å². The van der Waals surface area contributed by atoms with E-state index >= 15 is 0 Å². The molecule has 174 valence electrons. The van der Waals surface area contributed by atoms with Crippen LogP contribution in [0.4, 0.5) is 0 Å². The van der Waals surface area contributed by atoms with E-state index in [2.05, 4.69) is 4.98 Å². The molecule has 5 nitrogen and oxygen atoms in total. The molecular weight excluding hydrogens is 460 g/mol. The molecular formula is C29H23ClN2O3. The van der Waals surface area contributed by atoms with Gasteiger partial charge in [0.25, 0.3) is 0 Å². The van der Waals surface area contributed by atoms with Gasteiger partial charge in [0.2, 0.25) is 5.88 Å². The molecule has 2 heterocycles. The molecule has 1 unspecified atom stereocenters. The first-order valence-corrected chi connectivity index (χ1v) is 11.4. The summed E-state index contributed by atoms with van der Waals surface area (Å²) in [7, 11) is 3.22. The molecule has 0 aliphatic carbocycles. The number of pyridine rings is 2. The average molecular weight is 483 g/mol. The summed E-state index contributed by atoms with van der Waals surface area (Å²) in [5.41, 5.74) is 2.81. The molecule has 0 aliphatic heterocycles. The molecule has 0 saturated heterocycles. The largest absolute Gasteiger partial charge is 0.495 e. The fourth-order valence-corrected chi connectivity index (χ4v) is 4.65. The summed E-state index contributed by atoms with van der Waals surface area (Å²) in [6.45, 7) is 0. The predicted octanol–water partition coefficient (Wildman–Crippen LogP) is 6.25. The summed E-state index contributed by atoms with van der Waals surface area (Å²) < 4.78 is 11.6. The first kappa shape index (κ1) is 22.8. The van der Waals surface area contributed by atoms with Crippen molar-refractivity contribution in [3.63, 3.8) is 0 Å². The van der Waals surface area contributed by atoms with E-state index in [4.69, 9.17) is 26.1 Å². The normalized spacial score (nSPS) is 12.8. The molecule has 0 fully saturated rings. The van der Waals surface area contributed by atoms with Gasteiger partial charge in [0, 0.05) is 22.8 Å². The number of hydrogen-bond donors (Lipinski definition) is 1. The Morgan fingerprint density at radius 2 is 1.51 bits per heavy atom. The molecule has 0 saturated carbocycles. The number of hydrogen-bond acceptors (Lipinski definition) is 5. The molecule has 3 aromatic carbocycles. The molecule has 0 amide bonds. The van der Waals surface area contributed by atoms with Crippen LogP contribution in [0.25, 0.3) is 22.0 Å². The smallest absolute Gasteiger partial charge is 0.225 e. The highest BCUT2D eigenvalue weighted by molar-refractivity contribution is 6.30. The number of rotatable bonds is 6. The highest BCUT2D eigenvalue weighted by atomic mass is 35.5. The Bertz CT molecular complexity index is 1490. The molecule has 1 atom stereocenters. The van der Waals surface area contributed by atoms with Gasteiger partial charge >= 0.3 is 0 Å². The minimum absolute atomic E-state index is 0.465. The van der Waals surface area contributed by atoms with Crippen molar-refractivity contribution in [1.29, 1.82) is 0 Å². The molecule has 0 spiro atoms. The summed E-state index contributed by atoms with van der Waals surface area (Å²) in [6, 6.07) is 26.3. The fraction of sp³-hybridized carbons (Fsp3) is 0.103. The number of fused-ring (bicyclic) bond motifs is 1. The second-order valence-corrected chi connectivity index (χ2v) is 8.52. The van der Waals surface area contributed by atoms with E-state index in [0.29, 0.717) is 38.9 Å². The summed E-state index contributed by atoms with van der Waals surface area (Å²) in [5.74, 6) is 1.08. The number of benzene rings is 3. The maximum absolute atomic E-state index is 12.3. The highest BCUT2D eigenvalue weighted by Crippen LogP contribution is 2.44. The van der Waals surface area contributed by atoms with Crippen molar-refractivity contribution in [1.82, 2.24) is 9.97 Å². The summed E-state index contributed by atoms with van der Waals surface area (Å²) in [6.07, 6.45) is 3.32. The van der Waals surface area contributed by atoms with E-state index in [-0.39, 0.29) is 0 Å². The van der Waals surface area contributed by atoms with Gasteiger partial charge in [-0.1, -0.05) is 60.1 Å². The van der Waals surface area contributed by atoms with Crippen LogP contribution in [0.3, 0.4) is 0 Å². The molecule has 6 heteroatoms. The van der Waals surface area contributed by atoms with E-state index in [1.54, 1.807) is 50.9 Å². The van der Waals surface area contributed by atoms with Crippen LogP contribution in [-0.2, 0) is 5.60 Å². The van der Waals surface area contributed by atoms with Gasteiger partial charge in [-0.25, -0.2) is 4.98 Å². The van der Waals surface area contributed by atoms with Gasteiger partial charge in [-0.05, 0) is 58.7 Å². The molecule has 0 radical (unpaired) electrons. The number of nitrogens with zero attached hydrogens (tertiary/aromatic N) is 2. The van der Waals surface area contributed by atoms with Crippen molar-refractivity contribution < 1.29 is 14.6 Å². The third kappa shape index (κ3) is 3.99. The zero-order valence-electron chi connectivity index (χ0n) is 19.3. The number of halogens is 1. The average Bonchev–Trinajstić information content (AvgIpc) is 2.92. The van der Waals surface area contributed by atoms with Crippen molar-refractivity contribution in [2.75, 3.05) is 14.2 Å². The van der Waals surface area contributed by atoms with Crippen molar-refractivity contribution in [2.45, 2.75) is 5.60 Å². The predicted molar refractivity (Wildman–Crippen MR) is 138 cm³/mol. The van der Waals surface area contributed by atoms with Crippen LogP contribution in [0.5, 0.6) is 11.6 Å². The summed E-state index contributed by atoms with van der Waals surface area (Å²) >= 11 is 6.32. The third-order valence-corrected chi connectivity index (χ3v) is 6.36. The lowest BCUT2D eigenvalue weighted by Crippen LogP contribution is -2.29. The fourth-order valence-electron chi connectivity index (χ4n) is 4.46. The first-order chi connectivity index (χ1) is 17.1. The lowest BCUT2D eigenvalue weighted by molar-refractivity contribution is 0.126. The second kappa shape index (κ2) is 9.37. The zero-order valence-corrected chi connectivity index (χ0v) is 20.0. The van der Waals surface area contributed by atoms with Gasteiger partial charge in [0.1, 0.15) is 11.4 Å². The number of aliphatic hydroxyl groups is 1. The van der Waals surface area contributed by atoms with Crippen LogP contribution >= 0.6 is 11.6 Å². The SMILES string of the molecule is COc1nc2ccc(C(O)(c3ccncc3)c3cccc(Cl)c3)cc2c(OC)c1-c1ccccc1. The van der Waals surface area contributed by atoms with Gasteiger partial charge in [-0.3, -0.25) is 4.98 Å². The number of methoxy groups -OCH3 is 2. The highest BCUT2D eigenvalue weighted by Gasteiger charge is 2.35. The minimum atomic E-state index is -1.49. The maximum Gasteiger partial charge on any atom is 0.225 e. The molecule has 2 aromatic heterocycles. The monoisotopic (exact) mass is 482 g/mol. The van der Waals surface area contributed by atoms with E-state index < -0.39 is 5.60 Å². The van der Waals surface area contributed by atoms with Crippen LogP contribution in [0.1, 0.15) is 16.7 Å². The molecule has 35 heavy (non-hydrogen) atoms. The van der Waals surface area contributed by atoms with E-state index in [9.17, 15) is 5.11 Å². The molecule has 0 bridgehead atoms. The first-order valence-electron chi connectivity index (χ1n) is 11.1. The van der Waals surface area contributed by atoms with Crippen LogP contribution in [0.2, 0.25) is 5.02 Å². The van der Waals surface area contributed by atoms with Gasteiger partial charge in [0.05, 0.1) is 25.3 Å². The van der Waals surface area contributed by atoms with Gasteiger partial charge in [-0.2, -0.15) is 0 Å². The summed E-state index contributed by atoms with van der Waals surface area (Å²) in [5, 5.41) is 13.6. The van der Waals surface area contributed by atoms with Crippen LogP contribution in [0.15, 0.2) is 97.3 Å². The van der Waals surface area contributed by atoms with Gasteiger partial charge in [-0.15, -0.1) is 0 Å². The molecule has 1 N–H and O–H groups in total. The number of ether oxygens (including phenoxy) is 2. The zero-order chi connectivity index (χ0) is 24.4. The van der Waals surface area contributed by atoms with Crippen molar-refractivity contribution in [3.05, 3.63) is 119 Å². The maximum atomic E-state index is 12.3. The Balaban J connectivity index is 1.82. The second-order valence-electron chi connectivity index (χ2n) is 8.08.